The SMILES string of the molecule is CS(=O)(=O)c1ccc(CNc2cc(F)ccc2N)cc1. The van der Waals surface area contributed by atoms with E-state index in [2.05, 4.69) is 5.32 Å². The number of hydrogen-bond donors (Lipinski definition) is 2. The highest BCUT2D eigenvalue weighted by Gasteiger charge is 2.06. The smallest absolute Gasteiger partial charge is 0.175 e. The summed E-state index contributed by atoms with van der Waals surface area (Å²) in [5, 5.41) is 3.01. The Bertz CT molecular complexity index is 712. The van der Waals surface area contributed by atoms with Gasteiger partial charge in [-0.1, -0.05) is 12.1 Å². The van der Waals surface area contributed by atoms with Gasteiger partial charge in [-0.05, 0) is 35.9 Å². The van der Waals surface area contributed by atoms with Crippen LogP contribution in [0.3, 0.4) is 0 Å². The zero-order valence-electron chi connectivity index (χ0n) is 10.9. The van der Waals surface area contributed by atoms with Crippen molar-refractivity contribution < 1.29 is 12.8 Å². The quantitative estimate of drug-likeness (QED) is 0.849. The molecule has 2 rings (SSSR count). The molecule has 0 saturated heterocycles. The highest BCUT2D eigenvalue weighted by atomic mass is 32.2. The molecule has 0 saturated carbocycles. The van der Waals surface area contributed by atoms with Crippen LogP contribution in [0.4, 0.5) is 15.8 Å². The summed E-state index contributed by atoms with van der Waals surface area (Å²) in [6, 6.07) is 10.6. The standard InChI is InChI=1S/C14H15FN2O2S/c1-20(18,19)12-5-2-10(3-6-12)9-17-14-8-11(15)4-7-13(14)16/h2-8,17H,9,16H2,1H3. The third-order valence-electron chi connectivity index (χ3n) is 2.85. The van der Waals surface area contributed by atoms with Crippen LogP contribution < -0.4 is 11.1 Å². The van der Waals surface area contributed by atoms with Gasteiger partial charge < -0.3 is 11.1 Å². The van der Waals surface area contributed by atoms with Gasteiger partial charge >= 0.3 is 0 Å². The van der Waals surface area contributed by atoms with E-state index in [9.17, 15) is 12.8 Å². The molecule has 3 N–H and O–H groups in total. The Morgan fingerprint density at radius 1 is 1.15 bits per heavy atom. The van der Waals surface area contributed by atoms with Crippen molar-refractivity contribution in [3.05, 3.63) is 53.8 Å². The fourth-order valence-corrected chi connectivity index (χ4v) is 2.36. The number of rotatable bonds is 4. The third-order valence-corrected chi connectivity index (χ3v) is 3.98. The summed E-state index contributed by atoms with van der Waals surface area (Å²) in [5.74, 6) is -0.367. The van der Waals surface area contributed by atoms with Gasteiger partial charge in [-0.15, -0.1) is 0 Å². The van der Waals surface area contributed by atoms with Crippen LogP contribution in [0.5, 0.6) is 0 Å². The van der Waals surface area contributed by atoms with E-state index in [1.165, 1.54) is 18.2 Å². The van der Waals surface area contributed by atoms with E-state index in [-0.39, 0.29) is 10.7 Å². The van der Waals surface area contributed by atoms with E-state index in [4.69, 9.17) is 5.73 Å². The van der Waals surface area contributed by atoms with Gasteiger partial charge in [0.25, 0.3) is 0 Å². The Hall–Kier alpha value is -2.08. The predicted molar refractivity (Wildman–Crippen MR) is 77.7 cm³/mol. The summed E-state index contributed by atoms with van der Waals surface area (Å²) < 4.78 is 35.8. The van der Waals surface area contributed by atoms with Gasteiger partial charge in [-0.25, -0.2) is 12.8 Å². The van der Waals surface area contributed by atoms with Gasteiger partial charge in [0.05, 0.1) is 16.3 Å². The van der Waals surface area contributed by atoms with Crippen molar-refractivity contribution in [1.29, 1.82) is 0 Å². The zero-order valence-corrected chi connectivity index (χ0v) is 11.7. The van der Waals surface area contributed by atoms with Gasteiger partial charge in [0.1, 0.15) is 5.82 Å². The number of nitrogen functional groups attached to an aromatic ring is 1. The molecule has 6 heteroatoms. The van der Waals surface area contributed by atoms with Crippen molar-refractivity contribution in [2.24, 2.45) is 0 Å². The predicted octanol–water partition coefficient (Wildman–Crippen LogP) is 2.42. The van der Waals surface area contributed by atoms with Gasteiger partial charge in [0, 0.05) is 12.8 Å². The lowest BCUT2D eigenvalue weighted by Crippen LogP contribution is -2.03. The summed E-state index contributed by atoms with van der Waals surface area (Å²) >= 11 is 0. The zero-order chi connectivity index (χ0) is 14.8. The van der Waals surface area contributed by atoms with Crippen LogP contribution in [-0.2, 0) is 16.4 Å². The van der Waals surface area contributed by atoms with E-state index >= 15 is 0 Å². The Kier molecular flexibility index (Phi) is 3.94. The number of sulfone groups is 1. The molecule has 4 nitrogen and oxygen atoms in total. The number of nitrogens with one attached hydrogen (secondary N) is 1. The van der Waals surface area contributed by atoms with Crippen molar-refractivity contribution in [2.75, 3.05) is 17.3 Å². The largest absolute Gasteiger partial charge is 0.397 e. The van der Waals surface area contributed by atoms with Crippen LogP contribution in [0.2, 0.25) is 0 Å². The van der Waals surface area contributed by atoms with Gasteiger partial charge in [-0.2, -0.15) is 0 Å². The normalized spacial score (nSPS) is 11.3. The van der Waals surface area contributed by atoms with Gasteiger partial charge in [-0.3, -0.25) is 0 Å². The minimum absolute atomic E-state index is 0.270. The molecule has 0 atom stereocenters. The second-order valence-electron chi connectivity index (χ2n) is 4.50. The Balaban J connectivity index is 2.10. The molecule has 0 bridgehead atoms. The molecular weight excluding hydrogens is 279 g/mol. The molecule has 106 valence electrons. The molecule has 2 aromatic rings. The number of nitrogens with two attached hydrogens (primary N) is 1. The fourth-order valence-electron chi connectivity index (χ4n) is 1.73. The second-order valence-corrected chi connectivity index (χ2v) is 6.52. The van der Waals surface area contributed by atoms with E-state index < -0.39 is 9.84 Å². The number of halogens is 1. The summed E-state index contributed by atoms with van der Waals surface area (Å²) in [4.78, 5) is 0.270. The van der Waals surface area contributed by atoms with Crippen LogP contribution >= 0.6 is 0 Å². The minimum atomic E-state index is -3.19. The molecule has 0 aliphatic carbocycles. The lowest BCUT2D eigenvalue weighted by molar-refractivity contribution is 0.602. The van der Waals surface area contributed by atoms with E-state index in [1.54, 1.807) is 24.3 Å². The first kappa shape index (κ1) is 14.3. The summed E-state index contributed by atoms with van der Waals surface area (Å²) in [6.07, 6.45) is 1.16. The molecule has 0 fully saturated rings. The van der Waals surface area contributed by atoms with Gasteiger partial charge in [0.2, 0.25) is 0 Å². The lowest BCUT2D eigenvalue weighted by Gasteiger charge is -2.09. The molecular formula is C14H15FN2O2S. The van der Waals surface area contributed by atoms with Crippen molar-refractivity contribution in [3.63, 3.8) is 0 Å². The monoisotopic (exact) mass is 294 g/mol. The average molecular weight is 294 g/mol. The molecule has 20 heavy (non-hydrogen) atoms. The maximum absolute atomic E-state index is 13.1. The van der Waals surface area contributed by atoms with E-state index in [1.807, 2.05) is 0 Å². The second kappa shape index (κ2) is 5.50. The van der Waals surface area contributed by atoms with Crippen LogP contribution in [0.25, 0.3) is 0 Å². The number of hydrogen-bond acceptors (Lipinski definition) is 4. The molecule has 0 heterocycles. The van der Waals surface area contributed by atoms with Crippen LogP contribution in [0, 0.1) is 5.82 Å². The first-order valence-electron chi connectivity index (χ1n) is 5.94. The van der Waals surface area contributed by atoms with Crippen molar-refractivity contribution in [1.82, 2.24) is 0 Å². The summed E-state index contributed by atoms with van der Waals surface area (Å²) in [6.45, 7) is 0.428. The molecule has 0 aliphatic heterocycles. The van der Waals surface area contributed by atoms with E-state index in [0.29, 0.717) is 17.9 Å². The Labute approximate surface area is 117 Å². The Morgan fingerprint density at radius 2 is 1.80 bits per heavy atom. The van der Waals surface area contributed by atoms with Crippen molar-refractivity contribution >= 4 is 21.2 Å². The maximum Gasteiger partial charge on any atom is 0.175 e. The maximum atomic E-state index is 13.1. The fraction of sp³-hybridized carbons (Fsp3) is 0.143. The first-order valence-corrected chi connectivity index (χ1v) is 7.83. The topological polar surface area (TPSA) is 72.2 Å². The minimum Gasteiger partial charge on any atom is -0.397 e. The van der Waals surface area contributed by atoms with Crippen LogP contribution in [0.15, 0.2) is 47.4 Å². The van der Waals surface area contributed by atoms with Crippen LogP contribution in [-0.4, -0.2) is 14.7 Å². The first-order chi connectivity index (χ1) is 9.36. The van der Waals surface area contributed by atoms with Gasteiger partial charge in [0.15, 0.2) is 9.84 Å². The van der Waals surface area contributed by atoms with Crippen molar-refractivity contribution in [3.8, 4) is 0 Å². The van der Waals surface area contributed by atoms with Crippen molar-refractivity contribution in [2.45, 2.75) is 11.4 Å². The molecule has 0 aliphatic rings. The van der Waals surface area contributed by atoms with E-state index in [0.717, 1.165) is 11.8 Å². The summed E-state index contributed by atoms with van der Waals surface area (Å²) in [7, 11) is -3.19. The highest BCUT2D eigenvalue weighted by molar-refractivity contribution is 7.90. The number of anilines is 2. The molecule has 0 amide bonds. The average Bonchev–Trinajstić information content (AvgIpc) is 2.39. The molecule has 0 unspecified atom stereocenters. The molecule has 0 aromatic heterocycles. The Morgan fingerprint density at radius 3 is 2.40 bits per heavy atom. The third kappa shape index (κ3) is 3.48. The van der Waals surface area contributed by atoms with Crippen LogP contribution in [0.1, 0.15) is 5.56 Å². The molecule has 0 radical (unpaired) electrons. The number of benzene rings is 2. The highest BCUT2D eigenvalue weighted by Crippen LogP contribution is 2.20. The molecule has 0 spiro atoms. The summed E-state index contributed by atoms with van der Waals surface area (Å²) in [5.41, 5.74) is 7.57. The molecule has 2 aromatic carbocycles. The lowest BCUT2D eigenvalue weighted by atomic mass is 10.2.